The van der Waals surface area contributed by atoms with Crippen molar-refractivity contribution in [2.24, 2.45) is 0 Å². The monoisotopic (exact) mass is 364 g/mol. The maximum absolute atomic E-state index is 11.4. The van der Waals surface area contributed by atoms with Crippen molar-refractivity contribution in [1.29, 1.82) is 0 Å². The summed E-state index contributed by atoms with van der Waals surface area (Å²) >= 11 is 0. The number of rotatable bonds is 6. The molecule has 3 rings (SSSR count). The van der Waals surface area contributed by atoms with E-state index in [2.05, 4.69) is 0 Å². The molecule has 6 nitrogen and oxygen atoms in total. The standard InChI is InChI=1S/C21H19NO5/c1-3-21(2,17-10-6-8-14-7-4-5-9-16(14)17)27-19-13-15(20(23)24)11-12-18(19)22(25)26/h4-13H,3H2,1-2H3,(H,23,24)/p-1. The van der Waals surface area contributed by atoms with E-state index >= 15 is 0 Å². The first-order chi connectivity index (χ1) is 12.9. The van der Waals surface area contributed by atoms with E-state index in [1.54, 1.807) is 0 Å². The Morgan fingerprint density at radius 2 is 1.81 bits per heavy atom. The second-order valence-electron chi connectivity index (χ2n) is 6.44. The summed E-state index contributed by atoms with van der Waals surface area (Å²) in [5, 5.41) is 24.6. The third-order valence-corrected chi connectivity index (χ3v) is 4.76. The number of nitro benzene ring substituents is 1. The molecule has 0 heterocycles. The first kappa shape index (κ1) is 18.4. The minimum absolute atomic E-state index is 0.0982. The van der Waals surface area contributed by atoms with Crippen LogP contribution in [-0.2, 0) is 5.60 Å². The highest BCUT2D eigenvalue weighted by molar-refractivity contribution is 5.87. The summed E-state index contributed by atoms with van der Waals surface area (Å²) in [5.41, 5.74) is -0.487. The van der Waals surface area contributed by atoms with Crippen molar-refractivity contribution in [2.45, 2.75) is 25.9 Å². The fraction of sp³-hybridized carbons (Fsp3) is 0.190. The van der Waals surface area contributed by atoms with Gasteiger partial charge in [-0.25, -0.2) is 0 Å². The van der Waals surface area contributed by atoms with E-state index in [0.29, 0.717) is 6.42 Å². The van der Waals surface area contributed by atoms with E-state index < -0.39 is 16.5 Å². The van der Waals surface area contributed by atoms with Crippen LogP contribution in [0.25, 0.3) is 10.8 Å². The SMILES string of the molecule is CCC(C)(Oc1cc(C(=O)[O-])ccc1[N+](=O)[O-])c1cccc2ccccc12. The molecular formula is C21H18NO5-. The Bertz CT molecular complexity index is 1020. The number of hydrogen-bond acceptors (Lipinski definition) is 5. The van der Waals surface area contributed by atoms with Gasteiger partial charge >= 0.3 is 5.69 Å². The normalized spacial score (nSPS) is 13.1. The molecule has 1 atom stereocenters. The van der Waals surface area contributed by atoms with Gasteiger partial charge in [0, 0.05) is 17.2 Å². The van der Waals surface area contributed by atoms with Gasteiger partial charge < -0.3 is 14.6 Å². The summed E-state index contributed by atoms with van der Waals surface area (Å²) in [6.45, 7) is 3.75. The maximum Gasteiger partial charge on any atom is 0.311 e. The lowest BCUT2D eigenvalue weighted by Crippen LogP contribution is -2.29. The molecule has 0 N–H and O–H groups in total. The number of aromatic carboxylic acids is 1. The highest BCUT2D eigenvalue weighted by Gasteiger charge is 2.31. The molecular weight excluding hydrogens is 346 g/mol. The van der Waals surface area contributed by atoms with Gasteiger partial charge in [-0.05, 0) is 36.2 Å². The van der Waals surface area contributed by atoms with Gasteiger partial charge in [-0.1, -0.05) is 49.4 Å². The Labute approximate surface area is 156 Å². The van der Waals surface area contributed by atoms with Gasteiger partial charge in [-0.15, -0.1) is 0 Å². The van der Waals surface area contributed by atoms with E-state index in [1.165, 1.54) is 0 Å². The number of carbonyl (C=O) groups excluding carboxylic acids is 1. The fourth-order valence-corrected chi connectivity index (χ4v) is 3.12. The molecule has 0 spiro atoms. The second kappa shape index (κ2) is 7.07. The number of hydrogen-bond donors (Lipinski definition) is 0. The zero-order chi connectivity index (χ0) is 19.6. The topological polar surface area (TPSA) is 92.5 Å². The lowest BCUT2D eigenvalue weighted by atomic mass is 9.88. The van der Waals surface area contributed by atoms with E-state index in [0.717, 1.165) is 34.5 Å². The average Bonchev–Trinajstić information content (AvgIpc) is 2.67. The van der Waals surface area contributed by atoms with Crippen molar-refractivity contribution in [3.05, 3.63) is 81.9 Å². The summed E-state index contributed by atoms with van der Waals surface area (Å²) in [4.78, 5) is 22.0. The molecule has 3 aromatic carbocycles. The number of fused-ring (bicyclic) bond motifs is 1. The molecule has 6 heteroatoms. The van der Waals surface area contributed by atoms with Crippen LogP contribution < -0.4 is 9.84 Å². The van der Waals surface area contributed by atoms with Crippen LogP contribution in [0.5, 0.6) is 5.75 Å². The zero-order valence-electron chi connectivity index (χ0n) is 15.0. The molecule has 0 aliphatic rings. The molecule has 0 fully saturated rings. The molecule has 0 amide bonds. The van der Waals surface area contributed by atoms with Crippen molar-refractivity contribution < 1.29 is 19.6 Å². The van der Waals surface area contributed by atoms with Gasteiger partial charge in [0.15, 0.2) is 5.75 Å². The highest BCUT2D eigenvalue weighted by Crippen LogP contribution is 2.39. The number of carboxylic acid groups (broad SMARTS) is 1. The van der Waals surface area contributed by atoms with Crippen LogP contribution in [0.4, 0.5) is 5.69 Å². The van der Waals surface area contributed by atoms with Crippen LogP contribution in [-0.4, -0.2) is 10.9 Å². The Morgan fingerprint density at radius 3 is 2.48 bits per heavy atom. The summed E-state index contributed by atoms with van der Waals surface area (Å²) in [7, 11) is 0. The van der Waals surface area contributed by atoms with Gasteiger partial charge in [-0.3, -0.25) is 10.1 Å². The van der Waals surface area contributed by atoms with Crippen LogP contribution in [0, 0.1) is 10.1 Å². The summed E-state index contributed by atoms with van der Waals surface area (Å²) < 4.78 is 6.10. The molecule has 1 unspecified atom stereocenters. The summed E-state index contributed by atoms with van der Waals surface area (Å²) in [5.74, 6) is -1.52. The van der Waals surface area contributed by atoms with E-state index in [4.69, 9.17) is 4.74 Å². The molecule has 138 valence electrons. The molecule has 0 saturated carbocycles. The first-order valence-electron chi connectivity index (χ1n) is 8.53. The minimum Gasteiger partial charge on any atom is -0.545 e. The van der Waals surface area contributed by atoms with Crippen molar-refractivity contribution in [2.75, 3.05) is 0 Å². The third kappa shape index (κ3) is 3.46. The van der Waals surface area contributed by atoms with Gasteiger partial charge in [0.05, 0.1) is 10.9 Å². The van der Waals surface area contributed by atoms with Gasteiger partial charge in [-0.2, -0.15) is 0 Å². The number of carboxylic acids is 1. The van der Waals surface area contributed by atoms with Crippen LogP contribution >= 0.6 is 0 Å². The molecule has 0 aliphatic carbocycles. The summed E-state index contributed by atoms with van der Waals surface area (Å²) in [6.07, 6.45) is 0.522. The van der Waals surface area contributed by atoms with Crippen LogP contribution in [0.15, 0.2) is 60.7 Å². The Balaban J connectivity index is 2.15. The van der Waals surface area contributed by atoms with E-state index in [-0.39, 0.29) is 17.0 Å². The Morgan fingerprint density at radius 1 is 1.11 bits per heavy atom. The van der Waals surface area contributed by atoms with Crippen LogP contribution in [0.3, 0.4) is 0 Å². The molecule has 0 saturated heterocycles. The van der Waals surface area contributed by atoms with Crippen molar-refractivity contribution in [3.63, 3.8) is 0 Å². The number of carbonyl (C=O) groups is 1. The van der Waals surface area contributed by atoms with E-state index in [9.17, 15) is 20.0 Å². The predicted octanol–water partition coefficient (Wildman–Crippen LogP) is 3.82. The molecule has 0 aromatic heterocycles. The molecule has 0 radical (unpaired) electrons. The fourth-order valence-electron chi connectivity index (χ4n) is 3.12. The molecule has 3 aromatic rings. The molecule has 0 bridgehead atoms. The lowest BCUT2D eigenvalue weighted by molar-refractivity contribution is -0.386. The maximum atomic E-state index is 11.4. The Hall–Kier alpha value is -3.41. The minimum atomic E-state index is -1.42. The quantitative estimate of drug-likeness (QED) is 0.490. The number of ether oxygens (including phenoxy) is 1. The van der Waals surface area contributed by atoms with Crippen molar-refractivity contribution >= 4 is 22.4 Å². The Kier molecular flexibility index (Phi) is 4.81. The summed E-state index contributed by atoms with van der Waals surface area (Å²) in [6, 6.07) is 17.0. The van der Waals surface area contributed by atoms with Gasteiger partial charge in [0.2, 0.25) is 0 Å². The smallest absolute Gasteiger partial charge is 0.311 e. The highest BCUT2D eigenvalue weighted by atomic mass is 16.6. The second-order valence-corrected chi connectivity index (χ2v) is 6.44. The largest absolute Gasteiger partial charge is 0.545 e. The van der Waals surface area contributed by atoms with Crippen LogP contribution in [0.1, 0.15) is 36.2 Å². The van der Waals surface area contributed by atoms with Gasteiger partial charge in [0.25, 0.3) is 0 Å². The third-order valence-electron chi connectivity index (χ3n) is 4.76. The molecule has 27 heavy (non-hydrogen) atoms. The zero-order valence-corrected chi connectivity index (χ0v) is 15.0. The first-order valence-corrected chi connectivity index (χ1v) is 8.53. The van der Waals surface area contributed by atoms with Gasteiger partial charge in [0.1, 0.15) is 5.60 Å². The lowest BCUT2D eigenvalue weighted by Gasteiger charge is -2.31. The number of benzene rings is 3. The number of nitro groups is 1. The van der Waals surface area contributed by atoms with Crippen molar-refractivity contribution in [1.82, 2.24) is 0 Å². The number of nitrogens with zero attached hydrogens (tertiary/aromatic N) is 1. The van der Waals surface area contributed by atoms with Crippen LogP contribution in [0.2, 0.25) is 0 Å². The van der Waals surface area contributed by atoms with Crippen molar-refractivity contribution in [3.8, 4) is 5.75 Å². The predicted molar refractivity (Wildman–Crippen MR) is 99.6 cm³/mol. The van der Waals surface area contributed by atoms with E-state index in [1.807, 2.05) is 56.3 Å². The average molecular weight is 364 g/mol. The molecule has 0 aliphatic heterocycles.